The number of nitrogens with two attached hydrogens (primary N) is 1. The largest absolute Gasteiger partial charge is 0.492 e. The molecule has 0 aliphatic carbocycles. The summed E-state index contributed by atoms with van der Waals surface area (Å²) in [7, 11) is -4.17. The maximum atomic E-state index is 12.8. The molecule has 5 N–H and O–H groups in total. The van der Waals surface area contributed by atoms with Crippen LogP contribution in [0.15, 0.2) is 48.5 Å². The lowest BCUT2D eigenvalue weighted by Crippen LogP contribution is -2.40. The van der Waals surface area contributed by atoms with Crippen molar-refractivity contribution in [2.45, 2.75) is 25.9 Å². The molecule has 12 heteroatoms. The molecule has 0 saturated carbocycles. The van der Waals surface area contributed by atoms with Gasteiger partial charge in [-0.15, -0.1) is 0 Å². The van der Waals surface area contributed by atoms with E-state index in [0.29, 0.717) is 28.6 Å². The van der Waals surface area contributed by atoms with E-state index in [0.717, 1.165) is 30.2 Å². The standard InChI is InChI=1S/C24H31N5O6S/c1-17(25)28-11-9-21(10-12-28)35-20-7-5-19(6-8-20)29(36(32,33)16-23(30)31)13-14-34-22-4-2-3-18(15-22)24(26)27/h2-8,15,21,25H,9-14,16H2,1H3,(H3,26,27)(H,30,31). The minimum atomic E-state index is -4.17. The Hall–Kier alpha value is -3.80. The van der Waals surface area contributed by atoms with Crippen molar-refractivity contribution >= 4 is 33.4 Å². The van der Waals surface area contributed by atoms with Crippen molar-refractivity contribution in [1.29, 1.82) is 10.8 Å². The van der Waals surface area contributed by atoms with Crippen LogP contribution in [0, 0.1) is 10.8 Å². The Morgan fingerprint density at radius 1 is 1.14 bits per heavy atom. The van der Waals surface area contributed by atoms with Crippen LogP contribution in [0.1, 0.15) is 25.3 Å². The van der Waals surface area contributed by atoms with E-state index in [1.54, 1.807) is 55.5 Å². The Balaban J connectivity index is 1.68. The number of amidine groups is 2. The molecule has 194 valence electrons. The third-order valence-corrected chi connectivity index (χ3v) is 7.37. The van der Waals surface area contributed by atoms with Crippen LogP contribution < -0.4 is 19.5 Å². The monoisotopic (exact) mass is 517 g/mol. The van der Waals surface area contributed by atoms with Crippen molar-refractivity contribution in [3.05, 3.63) is 54.1 Å². The lowest BCUT2D eigenvalue weighted by Gasteiger charge is -2.33. The molecule has 0 spiro atoms. The number of nitrogen functional groups attached to an aromatic ring is 1. The molecule has 1 aliphatic heterocycles. The van der Waals surface area contributed by atoms with Crippen molar-refractivity contribution in [3.63, 3.8) is 0 Å². The predicted octanol–water partition coefficient (Wildman–Crippen LogP) is 2.11. The van der Waals surface area contributed by atoms with Crippen LogP contribution in [0.25, 0.3) is 0 Å². The van der Waals surface area contributed by atoms with Crippen LogP contribution in [0.2, 0.25) is 0 Å². The van der Waals surface area contributed by atoms with Crippen LogP contribution in [0.3, 0.4) is 0 Å². The molecular weight excluding hydrogens is 486 g/mol. The predicted molar refractivity (Wildman–Crippen MR) is 137 cm³/mol. The number of likely N-dealkylation sites (tertiary alicyclic amines) is 1. The molecule has 2 aromatic carbocycles. The first-order valence-electron chi connectivity index (χ1n) is 11.4. The number of nitrogens with one attached hydrogen (secondary N) is 2. The van der Waals surface area contributed by atoms with Gasteiger partial charge in [-0.2, -0.15) is 0 Å². The van der Waals surface area contributed by atoms with E-state index in [2.05, 4.69) is 0 Å². The molecule has 0 amide bonds. The number of anilines is 1. The van der Waals surface area contributed by atoms with Gasteiger partial charge in [0.15, 0.2) is 5.75 Å². The maximum absolute atomic E-state index is 12.8. The quantitative estimate of drug-likeness (QED) is 0.259. The summed E-state index contributed by atoms with van der Waals surface area (Å²) in [6, 6.07) is 13.0. The zero-order chi connectivity index (χ0) is 26.3. The topological polar surface area (TPSA) is 170 Å². The molecule has 1 aliphatic rings. The molecular formula is C24H31N5O6S. The molecule has 36 heavy (non-hydrogen) atoms. The first kappa shape index (κ1) is 26.8. The Labute approximate surface area is 210 Å². The van der Waals surface area contributed by atoms with Crippen molar-refractivity contribution < 1.29 is 27.8 Å². The van der Waals surface area contributed by atoms with Gasteiger partial charge in [-0.05, 0) is 43.3 Å². The number of aliphatic carboxylic acids is 1. The number of hydrogen-bond acceptors (Lipinski definition) is 7. The van der Waals surface area contributed by atoms with E-state index in [1.807, 2.05) is 4.90 Å². The molecule has 3 rings (SSSR count). The minimum Gasteiger partial charge on any atom is -0.492 e. The smallest absolute Gasteiger partial charge is 0.320 e. The molecule has 0 unspecified atom stereocenters. The van der Waals surface area contributed by atoms with Gasteiger partial charge >= 0.3 is 5.97 Å². The van der Waals surface area contributed by atoms with Crippen LogP contribution in [-0.2, 0) is 14.8 Å². The normalized spacial score (nSPS) is 14.2. The van der Waals surface area contributed by atoms with Crippen LogP contribution >= 0.6 is 0 Å². The minimum absolute atomic E-state index is 0.00235. The summed E-state index contributed by atoms with van der Waals surface area (Å²) in [5, 5.41) is 24.4. The average molecular weight is 518 g/mol. The molecule has 1 fully saturated rings. The fourth-order valence-corrected chi connectivity index (χ4v) is 5.12. The number of sulfonamides is 1. The summed E-state index contributed by atoms with van der Waals surface area (Å²) in [5.41, 5.74) is 6.25. The van der Waals surface area contributed by atoms with Crippen molar-refractivity contribution in [3.8, 4) is 11.5 Å². The van der Waals surface area contributed by atoms with E-state index in [-0.39, 0.29) is 25.1 Å². The number of nitrogens with zero attached hydrogens (tertiary/aromatic N) is 2. The number of benzene rings is 2. The van der Waals surface area contributed by atoms with Gasteiger partial charge in [-0.3, -0.25) is 19.9 Å². The molecule has 1 saturated heterocycles. The first-order valence-corrected chi connectivity index (χ1v) is 13.0. The van der Waals surface area contributed by atoms with Gasteiger partial charge in [0.1, 0.15) is 30.0 Å². The number of hydrogen-bond donors (Lipinski definition) is 4. The first-order chi connectivity index (χ1) is 17.0. The molecule has 0 atom stereocenters. The van der Waals surface area contributed by atoms with Crippen molar-refractivity contribution in [2.75, 3.05) is 36.3 Å². The number of carbonyl (C=O) groups is 1. The molecule has 11 nitrogen and oxygen atoms in total. The maximum Gasteiger partial charge on any atom is 0.320 e. The molecule has 0 aromatic heterocycles. The Morgan fingerprint density at radius 3 is 2.39 bits per heavy atom. The van der Waals surface area contributed by atoms with E-state index in [9.17, 15) is 13.2 Å². The SMILES string of the molecule is CC(=N)N1CCC(Oc2ccc(N(CCOc3cccc(C(=N)N)c3)S(=O)(=O)CC(=O)O)cc2)CC1. The lowest BCUT2D eigenvalue weighted by atomic mass is 10.1. The van der Waals surface area contributed by atoms with Crippen LogP contribution in [0.5, 0.6) is 11.5 Å². The summed E-state index contributed by atoms with van der Waals surface area (Å²) in [6.07, 6.45) is 1.55. The number of rotatable bonds is 11. The number of piperidine rings is 1. The summed E-state index contributed by atoms with van der Waals surface area (Å²) in [4.78, 5) is 13.2. The van der Waals surface area contributed by atoms with Gasteiger partial charge < -0.3 is 25.2 Å². The second-order valence-electron chi connectivity index (χ2n) is 8.40. The molecule has 2 aromatic rings. The second kappa shape index (κ2) is 11.8. The summed E-state index contributed by atoms with van der Waals surface area (Å²) in [6.45, 7) is 3.08. The zero-order valence-corrected chi connectivity index (χ0v) is 20.8. The summed E-state index contributed by atoms with van der Waals surface area (Å²) >= 11 is 0. The van der Waals surface area contributed by atoms with E-state index in [4.69, 9.17) is 31.1 Å². The van der Waals surface area contributed by atoms with Gasteiger partial charge in [0.05, 0.1) is 18.1 Å². The Bertz CT molecular complexity index is 1190. The highest BCUT2D eigenvalue weighted by Gasteiger charge is 2.26. The lowest BCUT2D eigenvalue weighted by molar-refractivity contribution is -0.134. The highest BCUT2D eigenvalue weighted by molar-refractivity contribution is 7.93. The average Bonchev–Trinajstić information content (AvgIpc) is 2.82. The van der Waals surface area contributed by atoms with Crippen LogP contribution in [-0.4, -0.2) is 74.2 Å². The van der Waals surface area contributed by atoms with Gasteiger partial charge in [0.2, 0.25) is 10.0 Å². The Morgan fingerprint density at radius 2 is 1.81 bits per heavy atom. The summed E-state index contributed by atoms with van der Waals surface area (Å²) in [5.74, 6) is -1.11. The fourth-order valence-electron chi connectivity index (χ4n) is 3.86. The number of ether oxygens (including phenoxy) is 2. The third kappa shape index (κ3) is 7.35. The zero-order valence-electron chi connectivity index (χ0n) is 20.0. The van der Waals surface area contributed by atoms with E-state index >= 15 is 0 Å². The Kier molecular flexibility index (Phi) is 8.75. The molecule has 0 bridgehead atoms. The van der Waals surface area contributed by atoms with Gasteiger partial charge in [0.25, 0.3) is 0 Å². The summed E-state index contributed by atoms with van der Waals surface area (Å²) < 4.78 is 38.3. The highest BCUT2D eigenvalue weighted by Crippen LogP contribution is 2.25. The van der Waals surface area contributed by atoms with Gasteiger partial charge in [0, 0.05) is 31.5 Å². The van der Waals surface area contributed by atoms with Crippen molar-refractivity contribution in [1.82, 2.24) is 4.90 Å². The number of carboxylic acids is 1. The second-order valence-corrected chi connectivity index (χ2v) is 10.3. The number of carboxylic acid groups (broad SMARTS) is 1. The molecule has 1 heterocycles. The van der Waals surface area contributed by atoms with E-state index in [1.165, 1.54) is 0 Å². The van der Waals surface area contributed by atoms with E-state index < -0.39 is 21.7 Å². The third-order valence-electron chi connectivity index (χ3n) is 5.69. The van der Waals surface area contributed by atoms with Gasteiger partial charge in [-0.1, -0.05) is 12.1 Å². The van der Waals surface area contributed by atoms with Crippen LogP contribution in [0.4, 0.5) is 5.69 Å². The molecule has 0 radical (unpaired) electrons. The fraction of sp³-hybridized carbons (Fsp3) is 0.375. The van der Waals surface area contributed by atoms with Crippen molar-refractivity contribution in [2.24, 2.45) is 5.73 Å². The van der Waals surface area contributed by atoms with Gasteiger partial charge in [-0.25, -0.2) is 8.42 Å². The highest BCUT2D eigenvalue weighted by atomic mass is 32.2.